The SMILES string of the molecule is CC(CCCNC(=O)Nc1c(F)cc(Br)cc1F)C(=O)O. The molecular formula is C13H15BrF2N2O3. The van der Waals surface area contributed by atoms with Gasteiger partial charge in [-0.25, -0.2) is 13.6 Å². The first-order valence-electron chi connectivity index (χ1n) is 6.23. The van der Waals surface area contributed by atoms with Crippen molar-refractivity contribution in [2.45, 2.75) is 19.8 Å². The zero-order valence-corrected chi connectivity index (χ0v) is 12.8. The standard InChI is InChI=1S/C13H15BrF2N2O3/c1-7(12(19)20)3-2-4-17-13(21)18-11-9(15)5-8(14)6-10(11)16/h5-7H,2-4H2,1H3,(H,19,20)(H2,17,18,21). The van der Waals surface area contributed by atoms with Crippen LogP contribution < -0.4 is 10.6 Å². The molecule has 1 aromatic carbocycles. The van der Waals surface area contributed by atoms with Crippen molar-refractivity contribution >= 4 is 33.6 Å². The van der Waals surface area contributed by atoms with E-state index < -0.39 is 35.2 Å². The van der Waals surface area contributed by atoms with E-state index in [-0.39, 0.29) is 11.0 Å². The van der Waals surface area contributed by atoms with E-state index in [0.29, 0.717) is 12.8 Å². The third kappa shape index (κ3) is 5.66. The minimum Gasteiger partial charge on any atom is -0.481 e. The summed E-state index contributed by atoms with van der Waals surface area (Å²) in [6.45, 7) is 1.78. The van der Waals surface area contributed by atoms with Gasteiger partial charge in [0, 0.05) is 11.0 Å². The lowest BCUT2D eigenvalue weighted by molar-refractivity contribution is -0.141. The number of hydrogen-bond acceptors (Lipinski definition) is 2. The maximum Gasteiger partial charge on any atom is 0.319 e. The predicted octanol–water partition coefficient (Wildman–Crippen LogP) is 3.35. The number of carboxylic acid groups (broad SMARTS) is 1. The van der Waals surface area contributed by atoms with Gasteiger partial charge in [0.05, 0.1) is 5.92 Å². The van der Waals surface area contributed by atoms with Crippen LogP contribution in [0.25, 0.3) is 0 Å². The van der Waals surface area contributed by atoms with Crippen LogP contribution in [0.5, 0.6) is 0 Å². The van der Waals surface area contributed by atoms with Crippen molar-refractivity contribution in [1.29, 1.82) is 0 Å². The summed E-state index contributed by atoms with van der Waals surface area (Å²) in [6, 6.07) is 1.32. The van der Waals surface area contributed by atoms with Crippen LogP contribution in [0.3, 0.4) is 0 Å². The fourth-order valence-electron chi connectivity index (χ4n) is 1.55. The molecule has 0 fully saturated rings. The number of aliphatic carboxylic acids is 1. The number of carboxylic acids is 1. The van der Waals surface area contributed by atoms with E-state index in [1.807, 2.05) is 0 Å². The van der Waals surface area contributed by atoms with Crippen molar-refractivity contribution in [3.63, 3.8) is 0 Å². The second-order valence-corrected chi connectivity index (χ2v) is 5.42. The van der Waals surface area contributed by atoms with Gasteiger partial charge in [-0.1, -0.05) is 22.9 Å². The fraction of sp³-hybridized carbons (Fsp3) is 0.385. The fourth-order valence-corrected chi connectivity index (χ4v) is 1.95. The van der Waals surface area contributed by atoms with Crippen LogP contribution in [0.4, 0.5) is 19.3 Å². The molecule has 0 aliphatic carbocycles. The molecule has 0 aliphatic heterocycles. The van der Waals surface area contributed by atoms with Crippen LogP contribution >= 0.6 is 15.9 Å². The maximum atomic E-state index is 13.5. The van der Waals surface area contributed by atoms with Gasteiger partial charge in [0.15, 0.2) is 11.6 Å². The molecule has 0 bridgehead atoms. The van der Waals surface area contributed by atoms with Crippen molar-refractivity contribution in [3.05, 3.63) is 28.2 Å². The summed E-state index contributed by atoms with van der Waals surface area (Å²) < 4.78 is 27.2. The summed E-state index contributed by atoms with van der Waals surface area (Å²) in [5.41, 5.74) is -0.533. The van der Waals surface area contributed by atoms with Gasteiger partial charge in [-0.2, -0.15) is 0 Å². The van der Waals surface area contributed by atoms with Crippen molar-refractivity contribution in [2.24, 2.45) is 5.92 Å². The van der Waals surface area contributed by atoms with E-state index in [0.717, 1.165) is 12.1 Å². The first-order chi connectivity index (χ1) is 9.81. The molecule has 0 aliphatic rings. The Labute approximate surface area is 128 Å². The summed E-state index contributed by atoms with van der Waals surface area (Å²) in [5, 5.41) is 13.2. The minimum absolute atomic E-state index is 0.212. The summed E-state index contributed by atoms with van der Waals surface area (Å²) in [5.74, 6) is -3.19. The Bertz CT molecular complexity index is 517. The number of carbonyl (C=O) groups excluding carboxylic acids is 1. The van der Waals surface area contributed by atoms with Crippen molar-refractivity contribution < 1.29 is 23.5 Å². The van der Waals surface area contributed by atoms with Crippen LogP contribution in [0, 0.1) is 17.6 Å². The molecule has 1 unspecified atom stereocenters. The zero-order valence-electron chi connectivity index (χ0n) is 11.3. The van der Waals surface area contributed by atoms with E-state index in [1.54, 1.807) is 6.92 Å². The summed E-state index contributed by atoms with van der Waals surface area (Å²) in [7, 11) is 0. The minimum atomic E-state index is -0.904. The molecule has 116 valence electrons. The Kier molecular flexibility index (Phi) is 6.54. The smallest absolute Gasteiger partial charge is 0.319 e. The average molecular weight is 365 g/mol. The summed E-state index contributed by atoms with van der Waals surface area (Å²) >= 11 is 2.93. The van der Waals surface area contributed by atoms with E-state index in [1.165, 1.54) is 0 Å². The summed E-state index contributed by atoms with van der Waals surface area (Å²) in [4.78, 5) is 22.1. The first-order valence-corrected chi connectivity index (χ1v) is 7.02. The van der Waals surface area contributed by atoms with E-state index in [4.69, 9.17) is 5.11 Å². The van der Waals surface area contributed by atoms with Gasteiger partial charge in [-0.3, -0.25) is 4.79 Å². The van der Waals surface area contributed by atoms with Crippen LogP contribution in [0.2, 0.25) is 0 Å². The molecule has 5 nitrogen and oxygen atoms in total. The largest absolute Gasteiger partial charge is 0.481 e. The molecule has 0 saturated heterocycles. The van der Waals surface area contributed by atoms with Crippen LogP contribution in [0.1, 0.15) is 19.8 Å². The quantitative estimate of drug-likeness (QED) is 0.677. The number of nitrogens with one attached hydrogen (secondary N) is 2. The number of benzene rings is 1. The monoisotopic (exact) mass is 364 g/mol. The van der Waals surface area contributed by atoms with Crippen molar-refractivity contribution in [1.82, 2.24) is 5.32 Å². The highest BCUT2D eigenvalue weighted by atomic mass is 79.9. The van der Waals surface area contributed by atoms with E-state index >= 15 is 0 Å². The average Bonchev–Trinajstić information content (AvgIpc) is 2.38. The molecule has 1 atom stereocenters. The second kappa shape index (κ2) is 7.92. The number of hydrogen-bond donors (Lipinski definition) is 3. The highest BCUT2D eigenvalue weighted by Gasteiger charge is 2.14. The van der Waals surface area contributed by atoms with Gasteiger partial charge in [0.1, 0.15) is 5.69 Å². The molecule has 0 radical (unpaired) electrons. The van der Waals surface area contributed by atoms with Crippen LogP contribution in [-0.2, 0) is 4.79 Å². The zero-order chi connectivity index (χ0) is 16.0. The molecule has 0 aromatic heterocycles. The molecule has 2 amide bonds. The third-order valence-corrected chi connectivity index (χ3v) is 3.22. The maximum absolute atomic E-state index is 13.5. The van der Waals surface area contributed by atoms with Gasteiger partial charge in [-0.05, 0) is 25.0 Å². The Morgan fingerprint density at radius 2 is 1.90 bits per heavy atom. The molecule has 3 N–H and O–H groups in total. The number of halogens is 3. The van der Waals surface area contributed by atoms with Gasteiger partial charge >= 0.3 is 12.0 Å². The highest BCUT2D eigenvalue weighted by molar-refractivity contribution is 9.10. The summed E-state index contributed by atoms with van der Waals surface area (Å²) in [6.07, 6.45) is 0.850. The number of carbonyl (C=O) groups is 2. The van der Waals surface area contributed by atoms with Gasteiger partial charge in [0.25, 0.3) is 0 Å². The van der Waals surface area contributed by atoms with E-state index in [2.05, 4.69) is 26.6 Å². The molecule has 0 spiro atoms. The number of amides is 2. The molecule has 8 heteroatoms. The third-order valence-electron chi connectivity index (χ3n) is 2.77. The Morgan fingerprint density at radius 1 is 1.33 bits per heavy atom. The first kappa shape index (κ1) is 17.4. The van der Waals surface area contributed by atoms with E-state index in [9.17, 15) is 18.4 Å². The van der Waals surface area contributed by atoms with Crippen LogP contribution in [0.15, 0.2) is 16.6 Å². The second-order valence-electron chi connectivity index (χ2n) is 4.51. The van der Waals surface area contributed by atoms with Crippen molar-refractivity contribution in [3.8, 4) is 0 Å². The lowest BCUT2D eigenvalue weighted by Gasteiger charge is -2.10. The number of urea groups is 1. The van der Waals surface area contributed by atoms with Gasteiger partial charge < -0.3 is 15.7 Å². The molecule has 1 rings (SSSR count). The Balaban J connectivity index is 2.43. The lowest BCUT2D eigenvalue weighted by Crippen LogP contribution is -2.30. The molecular weight excluding hydrogens is 350 g/mol. The Morgan fingerprint density at radius 3 is 2.43 bits per heavy atom. The highest BCUT2D eigenvalue weighted by Crippen LogP contribution is 2.23. The predicted molar refractivity (Wildman–Crippen MR) is 77.1 cm³/mol. The lowest BCUT2D eigenvalue weighted by atomic mass is 10.1. The number of anilines is 1. The van der Waals surface area contributed by atoms with Gasteiger partial charge in [-0.15, -0.1) is 0 Å². The van der Waals surface area contributed by atoms with Gasteiger partial charge in [0.2, 0.25) is 0 Å². The normalized spacial score (nSPS) is 11.8. The topological polar surface area (TPSA) is 78.4 Å². The Hall–Kier alpha value is -1.70. The molecule has 21 heavy (non-hydrogen) atoms. The number of rotatable bonds is 6. The molecule has 0 saturated carbocycles. The molecule has 1 aromatic rings. The van der Waals surface area contributed by atoms with Crippen LogP contribution in [-0.4, -0.2) is 23.7 Å². The van der Waals surface area contributed by atoms with Crippen molar-refractivity contribution in [2.75, 3.05) is 11.9 Å². The molecule has 0 heterocycles.